The molecule has 9 heteroatoms. The Hall–Kier alpha value is -2.68. The number of carbonyl (C=O) groups excluding carboxylic acids is 1. The van der Waals surface area contributed by atoms with Crippen molar-refractivity contribution >= 4 is 21.7 Å². The lowest BCUT2D eigenvalue weighted by molar-refractivity contribution is -0.143. The Bertz CT molecular complexity index is 1190. The molecule has 0 aliphatic heterocycles. The summed E-state index contributed by atoms with van der Waals surface area (Å²) in [5.74, 6) is -10.4. The van der Waals surface area contributed by atoms with Gasteiger partial charge < -0.3 is 0 Å². The van der Waals surface area contributed by atoms with E-state index in [4.69, 9.17) is 0 Å². The molecular weight excluding hydrogens is 517 g/mol. The molecule has 0 radical (unpaired) electrons. The Morgan fingerprint density at radius 2 is 1.45 bits per heavy atom. The van der Waals surface area contributed by atoms with Crippen molar-refractivity contribution in [2.75, 3.05) is 0 Å². The van der Waals surface area contributed by atoms with Gasteiger partial charge in [0.2, 0.25) is 0 Å². The highest BCUT2D eigenvalue weighted by Gasteiger charge is 2.42. The molecule has 0 N–H and O–H groups in total. The first-order chi connectivity index (χ1) is 15.4. The highest BCUT2D eigenvalue weighted by atomic mass is 79.9. The Balaban J connectivity index is 1.85. The fraction of sp³-hybridized carbons (Fsp3) is 0.208. The van der Waals surface area contributed by atoms with Crippen LogP contribution < -0.4 is 0 Å². The smallest absolute Gasteiger partial charge is 0.299 e. The van der Waals surface area contributed by atoms with E-state index in [0.717, 1.165) is 15.6 Å². The molecule has 0 amide bonds. The number of rotatable bonds is 6. The Kier molecular flexibility index (Phi) is 7.31. The number of hydrogen-bond donors (Lipinski definition) is 0. The maximum Gasteiger partial charge on any atom is 0.422 e. The van der Waals surface area contributed by atoms with Gasteiger partial charge in [0.25, 0.3) is 0 Å². The van der Waals surface area contributed by atoms with E-state index in [0.29, 0.717) is 17.5 Å². The SMILES string of the molecule is Cc1ccc(Cc2ccccc2Br)cc1CC(=O)Cc1c(F)c(F)c(C(F)(F)F)c(F)c1F. The minimum absolute atomic E-state index is 0.321. The van der Waals surface area contributed by atoms with E-state index in [1.165, 1.54) is 0 Å². The van der Waals surface area contributed by atoms with Crippen LogP contribution in [0.1, 0.15) is 33.4 Å². The zero-order chi connectivity index (χ0) is 24.5. The summed E-state index contributed by atoms with van der Waals surface area (Å²) >= 11 is 3.45. The van der Waals surface area contributed by atoms with Crippen molar-refractivity contribution in [1.82, 2.24) is 0 Å². The summed E-state index contributed by atoms with van der Waals surface area (Å²) in [6, 6.07) is 12.8. The van der Waals surface area contributed by atoms with Crippen LogP contribution in [0.3, 0.4) is 0 Å². The molecule has 3 aromatic rings. The summed E-state index contributed by atoms with van der Waals surface area (Å²) < 4.78 is 95.0. The molecule has 3 aromatic carbocycles. The lowest BCUT2D eigenvalue weighted by atomic mass is 9.94. The number of halogens is 8. The predicted octanol–water partition coefficient (Wildman–Crippen LogP) is 7.28. The molecule has 0 aromatic heterocycles. The summed E-state index contributed by atoms with van der Waals surface area (Å²) in [5.41, 5.74) is -0.977. The minimum atomic E-state index is -5.64. The van der Waals surface area contributed by atoms with Crippen LogP contribution in [0.4, 0.5) is 30.7 Å². The van der Waals surface area contributed by atoms with E-state index in [1.807, 2.05) is 30.3 Å². The van der Waals surface area contributed by atoms with Crippen molar-refractivity contribution in [3.05, 3.63) is 104 Å². The quantitative estimate of drug-likeness (QED) is 0.241. The lowest BCUT2D eigenvalue weighted by Gasteiger charge is -2.14. The molecule has 0 heterocycles. The van der Waals surface area contributed by atoms with E-state index in [1.54, 1.807) is 19.1 Å². The average Bonchev–Trinajstić information content (AvgIpc) is 2.73. The van der Waals surface area contributed by atoms with Gasteiger partial charge in [-0.3, -0.25) is 4.79 Å². The third kappa shape index (κ3) is 5.46. The van der Waals surface area contributed by atoms with Crippen molar-refractivity contribution in [2.24, 2.45) is 0 Å². The highest BCUT2D eigenvalue weighted by Crippen LogP contribution is 2.37. The number of Topliss-reactive ketones (excluding diaryl/α,β-unsaturated/α-hetero) is 1. The predicted molar refractivity (Wildman–Crippen MR) is 112 cm³/mol. The maximum absolute atomic E-state index is 14.1. The molecule has 174 valence electrons. The number of hydrogen-bond acceptors (Lipinski definition) is 1. The second kappa shape index (κ2) is 9.67. The van der Waals surface area contributed by atoms with Gasteiger partial charge in [0.15, 0.2) is 23.3 Å². The summed E-state index contributed by atoms with van der Waals surface area (Å²) in [6.45, 7) is 1.71. The van der Waals surface area contributed by atoms with Gasteiger partial charge in [-0.2, -0.15) is 13.2 Å². The Labute approximate surface area is 193 Å². The molecule has 0 fully saturated rings. The monoisotopic (exact) mass is 532 g/mol. The third-order valence-corrected chi connectivity index (χ3v) is 5.94. The van der Waals surface area contributed by atoms with Crippen LogP contribution in [0.25, 0.3) is 0 Å². The number of aryl methyl sites for hydroxylation is 1. The number of ketones is 1. The molecule has 0 spiro atoms. The first-order valence-corrected chi connectivity index (χ1v) is 10.4. The summed E-state index contributed by atoms with van der Waals surface area (Å²) in [7, 11) is 0. The molecule has 0 atom stereocenters. The summed E-state index contributed by atoms with van der Waals surface area (Å²) in [6.07, 6.45) is -6.53. The second-order valence-corrected chi connectivity index (χ2v) is 8.38. The molecule has 0 saturated carbocycles. The third-order valence-electron chi connectivity index (χ3n) is 5.17. The number of benzene rings is 3. The van der Waals surface area contributed by atoms with E-state index in [9.17, 15) is 35.5 Å². The van der Waals surface area contributed by atoms with Crippen LogP contribution in [0, 0.1) is 30.2 Å². The summed E-state index contributed by atoms with van der Waals surface area (Å²) in [4.78, 5) is 12.5. The van der Waals surface area contributed by atoms with Crippen LogP contribution in [0.15, 0.2) is 46.9 Å². The Morgan fingerprint density at radius 3 is 2.03 bits per heavy atom. The molecule has 1 nitrogen and oxygen atoms in total. The van der Waals surface area contributed by atoms with Crippen molar-refractivity contribution in [2.45, 2.75) is 32.4 Å². The first-order valence-electron chi connectivity index (χ1n) is 9.65. The molecule has 33 heavy (non-hydrogen) atoms. The van der Waals surface area contributed by atoms with Gasteiger partial charge in [0, 0.05) is 22.9 Å². The van der Waals surface area contributed by atoms with Gasteiger partial charge in [-0.25, -0.2) is 17.6 Å². The number of alkyl halides is 3. The van der Waals surface area contributed by atoms with Crippen LogP contribution >= 0.6 is 15.9 Å². The minimum Gasteiger partial charge on any atom is -0.299 e. The van der Waals surface area contributed by atoms with Crippen LogP contribution in [0.5, 0.6) is 0 Å². The van der Waals surface area contributed by atoms with Crippen LogP contribution in [-0.4, -0.2) is 5.78 Å². The maximum atomic E-state index is 14.1. The van der Waals surface area contributed by atoms with Gasteiger partial charge in [-0.05, 0) is 41.7 Å². The van der Waals surface area contributed by atoms with E-state index < -0.39 is 52.8 Å². The van der Waals surface area contributed by atoms with Gasteiger partial charge in [0.1, 0.15) is 11.3 Å². The lowest BCUT2D eigenvalue weighted by Crippen LogP contribution is -2.19. The molecule has 0 bridgehead atoms. The molecule has 0 saturated heterocycles. The van der Waals surface area contributed by atoms with E-state index in [-0.39, 0.29) is 6.42 Å². The van der Waals surface area contributed by atoms with Crippen molar-refractivity contribution in [3.63, 3.8) is 0 Å². The van der Waals surface area contributed by atoms with Crippen LogP contribution in [0.2, 0.25) is 0 Å². The van der Waals surface area contributed by atoms with Gasteiger partial charge >= 0.3 is 6.18 Å². The van der Waals surface area contributed by atoms with Crippen molar-refractivity contribution < 1.29 is 35.5 Å². The fourth-order valence-corrected chi connectivity index (χ4v) is 3.87. The van der Waals surface area contributed by atoms with Gasteiger partial charge in [-0.15, -0.1) is 0 Å². The molecule has 0 aliphatic carbocycles. The first kappa shape index (κ1) is 25.0. The second-order valence-electron chi connectivity index (χ2n) is 7.53. The van der Waals surface area contributed by atoms with Gasteiger partial charge in [-0.1, -0.05) is 52.3 Å². The van der Waals surface area contributed by atoms with Crippen molar-refractivity contribution in [1.29, 1.82) is 0 Å². The average molecular weight is 533 g/mol. The van der Waals surface area contributed by atoms with E-state index in [2.05, 4.69) is 15.9 Å². The molecule has 0 aliphatic rings. The summed E-state index contributed by atoms with van der Waals surface area (Å²) in [5, 5.41) is 0. The van der Waals surface area contributed by atoms with Crippen molar-refractivity contribution in [3.8, 4) is 0 Å². The molecule has 3 rings (SSSR count). The largest absolute Gasteiger partial charge is 0.422 e. The standard InChI is InChI=1S/C24H16BrF7O/c1-12-6-7-13(8-14-4-2-3-5-18(14)25)9-15(12)10-16(33)11-17-20(26)22(28)19(24(30,31)32)23(29)21(17)27/h2-7,9H,8,10-11H2,1H3. The number of carbonyl (C=O) groups is 1. The normalized spacial score (nSPS) is 11.7. The highest BCUT2D eigenvalue weighted by molar-refractivity contribution is 9.10. The topological polar surface area (TPSA) is 17.1 Å². The zero-order valence-electron chi connectivity index (χ0n) is 17.1. The molecular formula is C24H16BrF7O. The fourth-order valence-electron chi connectivity index (χ4n) is 3.44. The Morgan fingerprint density at radius 1 is 0.848 bits per heavy atom. The molecule has 0 unspecified atom stereocenters. The van der Waals surface area contributed by atoms with Crippen LogP contribution in [-0.2, 0) is 30.2 Å². The zero-order valence-corrected chi connectivity index (χ0v) is 18.7. The van der Waals surface area contributed by atoms with E-state index >= 15 is 0 Å². The van der Waals surface area contributed by atoms with Gasteiger partial charge in [0.05, 0.1) is 0 Å².